The van der Waals surface area contributed by atoms with Gasteiger partial charge in [0.1, 0.15) is 0 Å². The Morgan fingerprint density at radius 2 is 2.23 bits per heavy atom. The molecule has 0 aliphatic heterocycles. The highest BCUT2D eigenvalue weighted by Gasteiger charge is 2.11. The second kappa shape index (κ2) is 6.88. The second-order valence-electron chi connectivity index (χ2n) is 3.20. The largest absolute Gasteiger partial charge is 0.400 e. The lowest BCUT2D eigenvalue weighted by molar-refractivity contribution is 0.0998. The molecule has 0 aromatic rings. The van der Waals surface area contributed by atoms with Crippen molar-refractivity contribution < 1.29 is 9.84 Å². The first-order valence-electron chi connectivity index (χ1n) is 4.46. The van der Waals surface area contributed by atoms with Gasteiger partial charge in [-0.05, 0) is 12.8 Å². The quantitative estimate of drug-likeness (QED) is 0.540. The predicted octanol–water partition coefficient (Wildman–Crippen LogP) is -0.179. The van der Waals surface area contributed by atoms with Crippen LogP contribution in [-0.4, -0.2) is 31.0 Å². The summed E-state index contributed by atoms with van der Waals surface area (Å²) in [5.74, 6) is 0.148. The number of allylic oxidation sites excluding steroid dienone is 1. The van der Waals surface area contributed by atoms with Crippen molar-refractivity contribution in [1.82, 2.24) is 0 Å². The summed E-state index contributed by atoms with van der Waals surface area (Å²) in [6.07, 6.45) is 1.80. The lowest BCUT2D eigenvalue weighted by Gasteiger charge is -2.17. The van der Waals surface area contributed by atoms with E-state index in [2.05, 4.69) is 0 Å². The number of hydrogen-bond acceptors (Lipinski definition) is 4. The van der Waals surface area contributed by atoms with Crippen molar-refractivity contribution >= 4 is 0 Å². The van der Waals surface area contributed by atoms with Crippen molar-refractivity contribution in [2.45, 2.75) is 19.9 Å². The maximum absolute atomic E-state index is 8.74. The van der Waals surface area contributed by atoms with Gasteiger partial charge in [0.2, 0.25) is 0 Å². The Kier molecular flexibility index (Phi) is 6.58. The number of aliphatic hydroxyl groups is 1. The van der Waals surface area contributed by atoms with Gasteiger partial charge in [-0.3, -0.25) is 0 Å². The van der Waals surface area contributed by atoms with Gasteiger partial charge in [-0.2, -0.15) is 0 Å². The molecular weight excluding hydrogens is 168 g/mol. The summed E-state index contributed by atoms with van der Waals surface area (Å²) in [4.78, 5) is 0. The Labute approximate surface area is 79.6 Å². The zero-order valence-electron chi connectivity index (χ0n) is 8.36. The monoisotopic (exact) mass is 188 g/mol. The van der Waals surface area contributed by atoms with E-state index in [0.717, 1.165) is 0 Å². The summed E-state index contributed by atoms with van der Waals surface area (Å²) in [6.45, 7) is 4.74. The van der Waals surface area contributed by atoms with Crippen molar-refractivity contribution in [2.75, 3.05) is 19.8 Å². The van der Waals surface area contributed by atoms with Gasteiger partial charge in [-0.1, -0.05) is 13.0 Å². The van der Waals surface area contributed by atoms with E-state index in [1.807, 2.05) is 13.8 Å². The fourth-order valence-electron chi connectivity index (χ4n) is 0.750. The summed E-state index contributed by atoms with van der Waals surface area (Å²) in [7, 11) is 0. The molecule has 0 heterocycles. The van der Waals surface area contributed by atoms with Crippen LogP contribution in [0.3, 0.4) is 0 Å². The van der Waals surface area contributed by atoms with Crippen LogP contribution in [0.15, 0.2) is 11.8 Å². The predicted molar refractivity (Wildman–Crippen MR) is 53.0 cm³/mol. The molecule has 0 spiro atoms. The molecule has 0 saturated heterocycles. The van der Waals surface area contributed by atoms with E-state index < -0.39 is 0 Å². The van der Waals surface area contributed by atoms with Gasteiger partial charge < -0.3 is 21.3 Å². The molecule has 0 fully saturated rings. The summed E-state index contributed by atoms with van der Waals surface area (Å²) >= 11 is 0. The van der Waals surface area contributed by atoms with Crippen LogP contribution in [0.4, 0.5) is 0 Å². The maximum atomic E-state index is 8.74. The van der Waals surface area contributed by atoms with Gasteiger partial charge in [0.15, 0.2) is 0 Å². The van der Waals surface area contributed by atoms with Crippen LogP contribution in [0.25, 0.3) is 0 Å². The molecule has 0 amide bonds. The lowest BCUT2D eigenvalue weighted by Crippen LogP contribution is -2.34. The molecule has 0 rings (SSSR count). The van der Waals surface area contributed by atoms with Crippen LogP contribution in [-0.2, 0) is 4.74 Å². The molecule has 0 aliphatic carbocycles. The molecule has 0 aromatic carbocycles. The van der Waals surface area contributed by atoms with Crippen molar-refractivity contribution in [3.63, 3.8) is 0 Å². The van der Waals surface area contributed by atoms with Crippen LogP contribution in [0.5, 0.6) is 0 Å². The summed E-state index contributed by atoms with van der Waals surface area (Å²) in [5, 5.41) is 8.74. The Morgan fingerprint density at radius 1 is 1.62 bits per heavy atom. The minimum atomic E-state index is -0.216. The van der Waals surface area contributed by atoms with Crippen LogP contribution in [0.2, 0.25) is 0 Å². The maximum Gasteiger partial charge on any atom is 0.0857 e. The fraction of sp³-hybridized carbons (Fsp3) is 0.778. The molecule has 0 radical (unpaired) electrons. The summed E-state index contributed by atoms with van der Waals surface area (Å²) in [6, 6.07) is -0.216. The van der Waals surface area contributed by atoms with E-state index >= 15 is 0 Å². The molecule has 0 bridgehead atoms. The second-order valence-corrected chi connectivity index (χ2v) is 3.20. The van der Waals surface area contributed by atoms with Crippen molar-refractivity contribution in [3.8, 4) is 0 Å². The van der Waals surface area contributed by atoms with Crippen LogP contribution in [0.1, 0.15) is 13.8 Å². The third-order valence-electron chi connectivity index (χ3n) is 1.96. The average Bonchev–Trinajstić information content (AvgIpc) is 2.15. The third-order valence-corrected chi connectivity index (χ3v) is 1.96. The van der Waals surface area contributed by atoms with Gasteiger partial charge in [0, 0.05) is 11.7 Å². The fourth-order valence-corrected chi connectivity index (χ4v) is 0.750. The van der Waals surface area contributed by atoms with E-state index in [9.17, 15) is 0 Å². The van der Waals surface area contributed by atoms with E-state index in [1.54, 1.807) is 6.08 Å². The molecule has 4 heteroatoms. The number of ether oxygens (including phenoxy) is 1. The molecule has 1 unspecified atom stereocenters. The number of hydrogen-bond donors (Lipinski definition) is 3. The first kappa shape index (κ1) is 12.4. The first-order valence-corrected chi connectivity index (χ1v) is 4.46. The zero-order valence-corrected chi connectivity index (χ0v) is 8.36. The Balaban J connectivity index is 3.53. The van der Waals surface area contributed by atoms with Crippen molar-refractivity contribution in [1.29, 1.82) is 0 Å². The zero-order chi connectivity index (χ0) is 10.3. The van der Waals surface area contributed by atoms with Gasteiger partial charge in [-0.15, -0.1) is 0 Å². The summed E-state index contributed by atoms with van der Waals surface area (Å²) in [5.41, 5.74) is 11.8. The molecule has 2 atom stereocenters. The van der Waals surface area contributed by atoms with Gasteiger partial charge in [0.05, 0.1) is 19.8 Å². The van der Waals surface area contributed by atoms with Crippen LogP contribution >= 0.6 is 0 Å². The topological polar surface area (TPSA) is 81.5 Å². The van der Waals surface area contributed by atoms with Gasteiger partial charge in [0.25, 0.3) is 0 Å². The van der Waals surface area contributed by atoms with E-state index in [4.69, 9.17) is 21.3 Å². The Morgan fingerprint density at radius 3 is 2.69 bits per heavy atom. The molecule has 78 valence electrons. The number of rotatable bonds is 6. The molecule has 0 aliphatic rings. The summed E-state index contributed by atoms with van der Waals surface area (Å²) < 4.78 is 5.29. The number of aliphatic hydroxyl groups excluding tert-OH is 1. The highest BCUT2D eigenvalue weighted by molar-refractivity contribution is 4.93. The van der Waals surface area contributed by atoms with E-state index in [1.165, 1.54) is 0 Å². The van der Waals surface area contributed by atoms with Gasteiger partial charge in [-0.25, -0.2) is 0 Å². The standard InChI is InChI=1S/C9H20N2O2/c1-3-8(10)6-13-5-7(2)9(11)4-12/h3,7,9,12H,4-6,10-11H2,1-2H3/b8-3+/t7?,9-/m1/s1. The number of nitrogens with two attached hydrogens (primary N) is 2. The normalized spacial score (nSPS) is 17.1. The van der Waals surface area contributed by atoms with Crippen LogP contribution < -0.4 is 11.5 Å². The van der Waals surface area contributed by atoms with Crippen molar-refractivity contribution in [3.05, 3.63) is 11.8 Å². The molecule has 4 nitrogen and oxygen atoms in total. The molecule has 5 N–H and O–H groups in total. The first-order chi connectivity index (χ1) is 6.11. The minimum absolute atomic E-state index is 0.0103. The van der Waals surface area contributed by atoms with Gasteiger partial charge >= 0.3 is 0 Å². The lowest BCUT2D eigenvalue weighted by atomic mass is 10.1. The molecular formula is C9H20N2O2. The SMILES string of the molecule is C/C=C(/N)COCC(C)[C@H](N)CO. The van der Waals surface area contributed by atoms with E-state index in [-0.39, 0.29) is 18.6 Å². The molecule has 0 saturated carbocycles. The molecule has 13 heavy (non-hydrogen) atoms. The minimum Gasteiger partial charge on any atom is -0.400 e. The van der Waals surface area contributed by atoms with Crippen LogP contribution in [0, 0.1) is 5.92 Å². The Bertz CT molecular complexity index is 160. The highest BCUT2D eigenvalue weighted by Crippen LogP contribution is 2.01. The highest BCUT2D eigenvalue weighted by atomic mass is 16.5. The smallest absolute Gasteiger partial charge is 0.0857 e. The molecule has 0 aromatic heterocycles. The van der Waals surface area contributed by atoms with Crippen molar-refractivity contribution in [2.24, 2.45) is 17.4 Å². The Hall–Kier alpha value is -0.580. The third kappa shape index (κ3) is 5.63. The van der Waals surface area contributed by atoms with E-state index in [0.29, 0.717) is 18.9 Å². The average molecular weight is 188 g/mol.